The largest absolute Gasteiger partial charge is 0.456 e. The maximum atomic E-state index is 12.6. The molecule has 4 atom stereocenters. The Morgan fingerprint density at radius 2 is 1.93 bits per heavy atom. The number of sulfonamides is 1. The molecule has 5 rings (SSSR count). The monoisotopic (exact) mass is 397 g/mol. The van der Waals surface area contributed by atoms with Crippen molar-refractivity contribution in [2.75, 3.05) is 26.3 Å². The summed E-state index contributed by atoms with van der Waals surface area (Å²) in [6.45, 7) is 7.98. The molecule has 0 radical (unpaired) electrons. The highest BCUT2D eigenvalue weighted by atomic mass is 32.2. The molecule has 1 aromatic rings. The molecule has 4 fully saturated rings. The van der Waals surface area contributed by atoms with Gasteiger partial charge in [0.25, 0.3) is 10.0 Å². The first kappa shape index (κ1) is 19.0. The summed E-state index contributed by atoms with van der Waals surface area (Å²) < 4.78 is 42.8. The lowest BCUT2D eigenvalue weighted by Crippen LogP contribution is -2.57. The Morgan fingerprint density at radius 3 is 2.56 bits per heavy atom. The highest BCUT2D eigenvalue weighted by Crippen LogP contribution is 2.61. The molecular formula is C19H27NO6S. The van der Waals surface area contributed by atoms with Crippen LogP contribution in [0.1, 0.15) is 44.2 Å². The van der Waals surface area contributed by atoms with Gasteiger partial charge in [-0.25, -0.2) is 13.2 Å². The molecule has 8 heteroatoms. The number of esters is 1. The Balaban J connectivity index is 1.44. The summed E-state index contributed by atoms with van der Waals surface area (Å²) in [5, 5.41) is -0.225. The van der Waals surface area contributed by atoms with E-state index in [1.807, 2.05) is 0 Å². The van der Waals surface area contributed by atoms with Crippen LogP contribution in [0.25, 0.3) is 0 Å². The average molecular weight is 397 g/mol. The van der Waals surface area contributed by atoms with E-state index in [1.165, 1.54) is 22.9 Å². The number of hydrogen-bond acceptors (Lipinski definition) is 6. The molecule has 4 aliphatic rings. The van der Waals surface area contributed by atoms with Crippen molar-refractivity contribution < 1.29 is 27.1 Å². The van der Waals surface area contributed by atoms with Crippen LogP contribution >= 0.6 is 0 Å². The first-order chi connectivity index (χ1) is 12.7. The lowest BCUT2D eigenvalue weighted by atomic mass is 9.45. The third-order valence-electron chi connectivity index (χ3n) is 6.89. The molecule has 0 unspecified atom stereocenters. The number of hydrogen-bond donors (Lipinski definition) is 0. The number of nitrogens with zero attached hydrogens (tertiary/aromatic N) is 1. The van der Waals surface area contributed by atoms with Crippen molar-refractivity contribution in [2.24, 2.45) is 23.2 Å². The van der Waals surface area contributed by atoms with Crippen molar-refractivity contribution in [3.8, 4) is 0 Å². The Labute approximate surface area is 160 Å². The van der Waals surface area contributed by atoms with Gasteiger partial charge in [-0.2, -0.15) is 4.31 Å². The second-order valence-electron chi connectivity index (χ2n) is 8.53. The Hall–Kier alpha value is -1.38. The third kappa shape index (κ3) is 3.11. The van der Waals surface area contributed by atoms with Crippen LogP contribution in [0.15, 0.2) is 21.6 Å². The second-order valence-corrected chi connectivity index (χ2v) is 10.4. The van der Waals surface area contributed by atoms with Gasteiger partial charge in [-0.1, -0.05) is 20.8 Å². The van der Waals surface area contributed by atoms with E-state index in [-0.39, 0.29) is 30.0 Å². The van der Waals surface area contributed by atoms with Crippen LogP contribution in [0.5, 0.6) is 0 Å². The van der Waals surface area contributed by atoms with Crippen LogP contribution in [0.2, 0.25) is 0 Å². The van der Waals surface area contributed by atoms with Crippen LogP contribution < -0.4 is 0 Å². The molecule has 1 aromatic heterocycles. The van der Waals surface area contributed by atoms with Crippen molar-refractivity contribution in [3.63, 3.8) is 0 Å². The minimum Gasteiger partial charge on any atom is -0.456 e. The van der Waals surface area contributed by atoms with Gasteiger partial charge in [0.1, 0.15) is 6.10 Å². The van der Waals surface area contributed by atoms with Gasteiger partial charge in [0.15, 0.2) is 0 Å². The molecule has 150 valence electrons. The normalized spacial score (nSPS) is 33.3. The molecule has 0 N–H and O–H groups in total. The van der Waals surface area contributed by atoms with E-state index in [1.54, 1.807) is 0 Å². The van der Waals surface area contributed by atoms with Crippen molar-refractivity contribution in [2.45, 2.75) is 44.8 Å². The topological polar surface area (TPSA) is 86.1 Å². The van der Waals surface area contributed by atoms with Gasteiger partial charge in [-0.05, 0) is 48.1 Å². The number of furan rings is 1. The summed E-state index contributed by atoms with van der Waals surface area (Å²) in [6.07, 6.45) is 1.92. The number of morpholine rings is 1. The lowest BCUT2D eigenvalue weighted by molar-refractivity contribution is -0.157. The first-order valence-electron chi connectivity index (χ1n) is 9.60. The quantitative estimate of drug-likeness (QED) is 0.726. The van der Waals surface area contributed by atoms with Gasteiger partial charge in [0.2, 0.25) is 10.9 Å². The van der Waals surface area contributed by atoms with Gasteiger partial charge in [-0.15, -0.1) is 0 Å². The fourth-order valence-electron chi connectivity index (χ4n) is 4.94. The van der Waals surface area contributed by atoms with Gasteiger partial charge < -0.3 is 13.9 Å². The fourth-order valence-corrected chi connectivity index (χ4v) is 6.26. The number of rotatable bonds is 4. The van der Waals surface area contributed by atoms with E-state index in [0.29, 0.717) is 36.4 Å². The van der Waals surface area contributed by atoms with E-state index in [2.05, 4.69) is 20.8 Å². The maximum Gasteiger partial charge on any atom is 0.374 e. The van der Waals surface area contributed by atoms with Crippen molar-refractivity contribution >= 4 is 16.0 Å². The minimum absolute atomic E-state index is 0.0625. The molecule has 1 aliphatic heterocycles. The van der Waals surface area contributed by atoms with Crippen molar-refractivity contribution in [1.29, 1.82) is 0 Å². The van der Waals surface area contributed by atoms with E-state index in [9.17, 15) is 13.2 Å². The molecule has 2 heterocycles. The summed E-state index contributed by atoms with van der Waals surface area (Å²) >= 11 is 0. The predicted octanol–water partition coefficient (Wildman–Crippen LogP) is 2.53. The fraction of sp³-hybridized carbons (Fsp3) is 0.737. The Bertz CT molecular complexity index is 823. The maximum absolute atomic E-state index is 12.6. The molecular weight excluding hydrogens is 370 g/mol. The van der Waals surface area contributed by atoms with Crippen LogP contribution in [0.4, 0.5) is 0 Å². The molecule has 0 amide bonds. The second kappa shape index (κ2) is 6.60. The van der Waals surface area contributed by atoms with Crippen LogP contribution in [0.3, 0.4) is 0 Å². The molecule has 1 saturated heterocycles. The van der Waals surface area contributed by atoms with Crippen LogP contribution in [0, 0.1) is 23.2 Å². The molecule has 0 spiro atoms. The minimum atomic E-state index is -3.76. The Morgan fingerprint density at radius 1 is 1.22 bits per heavy atom. The molecule has 2 bridgehead atoms. The predicted molar refractivity (Wildman–Crippen MR) is 96.6 cm³/mol. The number of fused-ring (bicyclic) bond motifs is 2. The standard InChI is InChI=1S/C19H27NO6S/c1-12-14-10-13(19(14,2)3)11-16(12)26-18(21)15-4-5-17(25-15)27(22,23)20-6-8-24-9-7-20/h4-5,12-14,16H,6-11H2,1-3H3/t12-,13+,14+,16-/m0/s1. The average Bonchev–Trinajstić information content (AvgIpc) is 3.14. The van der Waals surface area contributed by atoms with E-state index in [4.69, 9.17) is 13.9 Å². The smallest absolute Gasteiger partial charge is 0.374 e. The van der Waals surface area contributed by atoms with Gasteiger partial charge in [0, 0.05) is 13.1 Å². The summed E-state index contributed by atoms with van der Waals surface area (Å²) in [4.78, 5) is 12.5. The number of ether oxygens (including phenoxy) is 2. The zero-order valence-corrected chi connectivity index (χ0v) is 16.8. The summed E-state index contributed by atoms with van der Waals surface area (Å²) in [6, 6.07) is 2.71. The van der Waals surface area contributed by atoms with Gasteiger partial charge in [-0.3, -0.25) is 0 Å². The zero-order valence-electron chi connectivity index (χ0n) is 16.0. The SMILES string of the molecule is C[C@@H]1[C@@H](OC(=O)c2ccc(S(=O)(=O)N3CCOCC3)o2)C[C@H]2C[C@H]1C2(C)C. The van der Waals surface area contributed by atoms with Crippen LogP contribution in [-0.4, -0.2) is 51.1 Å². The first-order valence-corrected chi connectivity index (χ1v) is 11.0. The van der Waals surface area contributed by atoms with Gasteiger partial charge >= 0.3 is 5.97 Å². The van der Waals surface area contributed by atoms with Crippen molar-refractivity contribution in [1.82, 2.24) is 4.31 Å². The molecule has 7 nitrogen and oxygen atoms in total. The lowest BCUT2D eigenvalue weighted by Gasteiger charge is -2.61. The van der Waals surface area contributed by atoms with Crippen molar-refractivity contribution in [3.05, 3.63) is 17.9 Å². The highest BCUT2D eigenvalue weighted by molar-refractivity contribution is 7.89. The molecule has 3 aliphatic carbocycles. The molecule has 27 heavy (non-hydrogen) atoms. The summed E-state index contributed by atoms with van der Waals surface area (Å²) in [5.74, 6) is 0.774. The van der Waals surface area contributed by atoms with Gasteiger partial charge in [0.05, 0.1) is 13.2 Å². The summed E-state index contributed by atoms with van der Waals surface area (Å²) in [5.41, 5.74) is 0.312. The third-order valence-corrected chi connectivity index (χ3v) is 8.66. The Kier molecular flexibility index (Phi) is 4.63. The molecule has 3 saturated carbocycles. The summed E-state index contributed by atoms with van der Waals surface area (Å²) in [7, 11) is -3.76. The molecule has 0 aromatic carbocycles. The number of carbonyl (C=O) groups is 1. The zero-order chi connectivity index (χ0) is 19.4. The van der Waals surface area contributed by atoms with E-state index < -0.39 is 16.0 Å². The highest BCUT2D eigenvalue weighted by Gasteiger charge is 2.57. The van der Waals surface area contributed by atoms with E-state index in [0.717, 1.165) is 6.42 Å². The van der Waals surface area contributed by atoms with Crippen LogP contribution in [-0.2, 0) is 19.5 Å². The van der Waals surface area contributed by atoms with E-state index >= 15 is 0 Å². The number of carbonyl (C=O) groups excluding carboxylic acids is 1.